The topological polar surface area (TPSA) is 57.6 Å². The monoisotopic (exact) mass is 379 g/mol. The maximum Gasteiger partial charge on any atom is 0.303 e. The van der Waals surface area contributed by atoms with E-state index in [1.165, 1.54) is 0 Å². The van der Waals surface area contributed by atoms with E-state index in [1.807, 2.05) is 30.3 Å². The third-order valence-electron chi connectivity index (χ3n) is 3.95. The molecule has 1 unspecified atom stereocenters. The van der Waals surface area contributed by atoms with Gasteiger partial charge in [0.05, 0.1) is 16.5 Å². The summed E-state index contributed by atoms with van der Waals surface area (Å²) in [5, 5.41) is 9.91. The Kier molecular flexibility index (Phi) is 6.85. The smallest absolute Gasteiger partial charge is 0.303 e. The SMILES string of the molecule is CN(Cc1ccccc1)C(=O)CC(CC(=O)O)c1ccc(Cl)c(Cl)c1. The zero-order chi connectivity index (χ0) is 18.4. The van der Waals surface area contributed by atoms with Crippen LogP contribution in [-0.4, -0.2) is 28.9 Å². The van der Waals surface area contributed by atoms with Gasteiger partial charge in [-0.1, -0.05) is 59.6 Å². The molecule has 0 saturated carbocycles. The first-order chi connectivity index (χ1) is 11.9. The summed E-state index contributed by atoms with van der Waals surface area (Å²) in [7, 11) is 1.71. The highest BCUT2D eigenvalue weighted by Gasteiger charge is 2.22. The summed E-state index contributed by atoms with van der Waals surface area (Å²) in [4.78, 5) is 25.3. The Morgan fingerprint density at radius 1 is 1.04 bits per heavy atom. The highest BCUT2D eigenvalue weighted by Crippen LogP contribution is 2.30. The van der Waals surface area contributed by atoms with Crippen molar-refractivity contribution >= 4 is 35.1 Å². The average molecular weight is 380 g/mol. The summed E-state index contributed by atoms with van der Waals surface area (Å²) >= 11 is 11.9. The van der Waals surface area contributed by atoms with Crippen LogP contribution in [0.4, 0.5) is 0 Å². The summed E-state index contributed by atoms with van der Waals surface area (Å²) in [6.07, 6.45) is -0.0591. The van der Waals surface area contributed by atoms with E-state index in [0.717, 1.165) is 5.56 Å². The van der Waals surface area contributed by atoms with Crippen LogP contribution in [0.2, 0.25) is 10.0 Å². The summed E-state index contributed by atoms with van der Waals surface area (Å²) in [5.74, 6) is -1.55. The normalized spacial score (nSPS) is 11.8. The van der Waals surface area contributed by atoms with Gasteiger partial charge < -0.3 is 10.0 Å². The highest BCUT2D eigenvalue weighted by atomic mass is 35.5. The van der Waals surface area contributed by atoms with Crippen LogP contribution in [0.1, 0.15) is 29.9 Å². The van der Waals surface area contributed by atoms with Crippen molar-refractivity contribution < 1.29 is 14.7 Å². The van der Waals surface area contributed by atoms with Gasteiger partial charge in [0, 0.05) is 25.9 Å². The van der Waals surface area contributed by atoms with Gasteiger partial charge >= 0.3 is 5.97 Å². The molecule has 0 bridgehead atoms. The number of carboxylic acids is 1. The lowest BCUT2D eigenvalue weighted by atomic mass is 9.92. The number of carbonyl (C=O) groups is 2. The molecule has 132 valence electrons. The Balaban J connectivity index is 2.11. The number of hydrogen-bond donors (Lipinski definition) is 1. The van der Waals surface area contributed by atoms with Crippen molar-refractivity contribution in [2.75, 3.05) is 7.05 Å². The van der Waals surface area contributed by atoms with Crippen LogP contribution in [0.3, 0.4) is 0 Å². The molecule has 1 N–H and O–H groups in total. The molecule has 0 aliphatic carbocycles. The molecular weight excluding hydrogens is 361 g/mol. The van der Waals surface area contributed by atoms with Crippen molar-refractivity contribution in [3.8, 4) is 0 Å². The van der Waals surface area contributed by atoms with E-state index in [1.54, 1.807) is 30.1 Å². The van der Waals surface area contributed by atoms with E-state index in [0.29, 0.717) is 22.2 Å². The van der Waals surface area contributed by atoms with Crippen LogP contribution in [0, 0.1) is 0 Å². The fourth-order valence-electron chi connectivity index (χ4n) is 2.60. The minimum atomic E-state index is -0.963. The predicted octanol–water partition coefficient (Wildman–Crippen LogP) is 4.60. The molecule has 1 amide bonds. The lowest BCUT2D eigenvalue weighted by Gasteiger charge is -2.21. The number of carboxylic acid groups (broad SMARTS) is 1. The molecule has 0 heterocycles. The molecule has 0 aliphatic rings. The molecule has 2 rings (SSSR count). The molecular formula is C19H19Cl2NO3. The van der Waals surface area contributed by atoms with E-state index in [2.05, 4.69) is 0 Å². The van der Waals surface area contributed by atoms with Gasteiger partial charge in [0.25, 0.3) is 0 Å². The second-order valence-electron chi connectivity index (χ2n) is 5.91. The quantitative estimate of drug-likeness (QED) is 0.764. The molecule has 0 radical (unpaired) electrons. The van der Waals surface area contributed by atoms with Gasteiger partial charge in [0.1, 0.15) is 0 Å². The third-order valence-corrected chi connectivity index (χ3v) is 4.68. The van der Waals surface area contributed by atoms with Gasteiger partial charge in [-0.25, -0.2) is 0 Å². The molecule has 6 heteroatoms. The van der Waals surface area contributed by atoms with Crippen LogP contribution >= 0.6 is 23.2 Å². The molecule has 0 aliphatic heterocycles. The van der Waals surface area contributed by atoms with Crippen molar-refractivity contribution in [3.05, 3.63) is 69.7 Å². The van der Waals surface area contributed by atoms with Gasteiger partial charge in [0.15, 0.2) is 0 Å². The van der Waals surface area contributed by atoms with E-state index in [4.69, 9.17) is 23.2 Å². The van der Waals surface area contributed by atoms with Crippen molar-refractivity contribution in [1.29, 1.82) is 0 Å². The molecule has 25 heavy (non-hydrogen) atoms. The molecule has 2 aromatic rings. The second kappa shape index (κ2) is 8.88. The van der Waals surface area contributed by atoms with Gasteiger partial charge in [0.2, 0.25) is 5.91 Å². The lowest BCUT2D eigenvalue weighted by molar-refractivity contribution is -0.137. The molecule has 0 spiro atoms. The Morgan fingerprint density at radius 2 is 1.72 bits per heavy atom. The zero-order valence-corrected chi connectivity index (χ0v) is 15.3. The Labute approximate surface area is 157 Å². The number of rotatable bonds is 7. The standard InChI is InChI=1S/C19H19Cl2NO3/c1-22(12-13-5-3-2-4-6-13)18(23)10-15(11-19(24)25)14-7-8-16(20)17(21)9-14/h2-9,15H,10-12H2,1H3,(H,24,25). The minimum Gasteiger partial charge on any atom is -0.481 e. The molecule has 1 atom stereocenters. The Morgan fingerprint density at radius 3 is 2.32 bits per heavy atom. The summed E-state index contributed by atoms with van der Waals surface area (Å²) in [6.45, 7) is 0.473. The zero-order valence-electron chi connectivity index (χ0n) is 13.8. The van der Waals surface area contributed by atoms with Crippen LogP contribution in [0.15, 0.2) is 48.5 Å². The number of amides is 1. The van der Waals surface area contributed by atoms with Crippen LogP contribution < -0.4 is 0 Å². The van der Waals surface area contributed by atoms with E-state index in [9.17, 15) is 14.7 Å². The number of aliphatic carboxylic acids is 1. The van der Waals surface area contributed by atoms with E-state index in [-0.39, 0.29) is 18.7 Å². The van der Waals surface area contributed by atoms with Gasteiger partial charge in [-0.2, -0.15) is 0 Å². The number of nitrogens with zero attached hydrogens (tertiary/aromatic N) is 1. The summed E-state index contributed by atoms with van der Waals surface area (Å²) in [5.41, 5.74) is 1.71. The Bertz CT molecular complexity index is 750. The number of hydrogen-bond acceptors (Lipinski definition) is 2. The third kappa shape index (κ3) is 5.76. The van der Waals surface area contributed by atoms with E-state index >= 15 is 0 Å². The van der Waals surface area contributed by atoms with Crippen LogP contribution in [0.25, 0.3) is 0 Å². The molecule has 2 aromatic carbocycles. The average Bonchev–Trinajstić information content (AvgIpc) is 2.57. The van der Waals surface area contributed by atoms with E-state index < -0.39 is 11.9 Å². The molecule has 0 aromatic heterocycles. The van der Waals surface area contributed by atoms with Gasteiger partial charge in [-0.05, 0) is 23.3 Å². The lowest BCUT2D eigenvalue weighted by Crippen LogP contribution is -2.28. The van der Waals surface area contributed by atoms with Crippen molar-refractivity contribution in [3.63, 3.8) is 0 Å². The van der Waals surface area contributed by atoms with Crippen molar-refractivity contribution in [2.24, 2.45) is 0 Å². The first kappa shape index (κ1) is 19.3. The molecule has 0 saturated heterocycles. The summed E-state index contributed by atoms with van der Waals surface area (Å²) in [6, 6.07) is 14.6. The van der Waals surface area contributed by atoms with Crippen LogP contribution in [0.5, 0.6) is 0 Å². The fraction of sp³-hybridized carbons (Fsp3) is 0.263. The molecule has 4 nitrogen and oxygen atoms in total. The predicted molar refractivity (Wildman–Crippen MR) is 99.0 cm³/mol. The first-order valence-electron chi connectivity index (χ1n) is 7.81. The summed E-state index contributed by atoms with van der Waals surface area (Å²) < 4.78 is 0. The highest BCUT2D eigenvalue weighted by molar-refractivity contribution is 6.42. The molecule has 0 fully saturated rings. The van der Waals surface area contributed by atoms with Gasteiger partial charge in [-0.15, -0.1) is 0 Å². The maximum atomic E-state index is 12.5. The fourth-order valence-corrected chi connectivity index (χ4v) is 2.90. The minimum absolute atomic E-state index is 0.0909. The van der Waals surface area contributed by atoms with Crippen LogP contribution in [-0.2, 0) is 16.1 Å². The second-order valence-corrected chi connectivity index (χ2v) is 6.72. The van der Waals surface area contributed by atoms with Crippen molar-refractivity contribution in [1.82, 2.24) is 4.90 Å². The first-order valence-corrected chi connectivity index (χ1v) is 8.57. The Hall–Kier alpha value is -2.04. The number of benzene rings is 2. The van der Waals surface area contributed by atoms with Crippen molar-refractivity contribution in [2.45, 2.75) is 25.3 Å². The maximum absolute atomic E-state index is 12.5. The number of carbonyl (C=O) groups excluding carboxylic acids is 1. The largest absolute Gasteiger partial charge is 0.481 e. The number of halogens is 2. The van der Waals surface area contributed by atoms with Gasteiger partial charge in [-0.3, -0.25) is 9.59 Å².